The van der Waals surface area contributed by atoms with Crippen molar-refractivity contribution >= 4 is 33.1 Å². The largest absolute Gasteiger partial charge is 0.397 e. The van der Waals surface area contributed by atoms with Crippen LogP contribution in [0.15, 0.2) is 35.4 Å². The SMILES string of the molecule is Cc1cc(NS(=O)(=O)c2cc(F)ccc2Cl)ncc1N. The number of nitrogen functional groups attached to an aromatic ring is 1. The molecule has 0 amide bonds. The van der Waals surface area contributed by atoms with Gasteiger partial charge in [0.2, 0.25) is 0 Å². The molecule has 0 fully saturated rings. The Morgan fingerprint density at radius 1 is 1.35 bits per heavy atom. The van der Waals surface area contributed by atoms with Crippen LogP contribution in [-0.4, -0.2) is 13.4 Å². The third kappa shape index (κ3) is 3.00. The van der Waals surface area contributed by atoms with Crippen LogP contribution in [0.5, 0.6) is 0 Å². The van der Waals surface area contributed by atoms with Gasteiger partial charge in [0, 0.05) is 0 Å². The van der Waals surface area contributed by atoms with Gasteiger partial charge in [-0.15, -0.1) is 0 Å². The van der Waals surface area contributed by atoms with Crippen LogP contribution in [0.3, 0.4) is 0 Å². The van der Waals surface area contributed by atoms with Gasteiger partial charge in [0.1, 0.15) is 16.5 Å². The minimum Gasteiger partial charge on any atom is -0.397 e. The molecule has 5 nitrogen and oxygen atoms in total. The van der Waals surface area contributed by atoms with E-state index in [2.05, 4.69) is 9.71 Å². The number of pyridine rings is 1. The van der Waals surface area contributed by atoms with Gasteiger partial charge in [-0.1, -0.05) is 11.6 Å². The molecule has 2 aromatic rings. The number of nitrogens with one attached hydrogen (secondary N) is 1. The van der Waals surface area contributed by atoms with Gasteiger partial charge in [-0.2, -0.15) is 0 Å². The van der Waals surface area contributed by atoms with Gasteiger partial charge in [0.25, 0.3) is 10.0 Å². The standard InChI is InChI=1S/C12H11ClFN3O2S/c1-7-4-12(16-6-10(7)15)17-20(18,19)11-5-8(14)2-3-9(11)13/h2-6H,15H2,1H3,(H,16,17). The first kappa shape index (κ1) is 14.5. The summed E-state index contributed by atoms with van der Waals surface area (Å²) in [5.41, 5.74) is 6.71. The highest BCUT2D eigenvalue weighted by atomic mass is 35.5. The monoisotopic (exact) mass is 315 g/mol. The quantitative estimate of drug-likeness (QED) is 0.911. The number of nitrogens with two attached hydrogens (primary N) is 1. The number of aryl methyl sites for hydroxylation is 1. The molecule has 0 radical (unpaired) electrons. The van der Waals surface area contributed by atoms with Crippen molar-refractivity contribution in [2.75, 3.05) is 10.5 Å². The third-order valence-electron chi connectivity index (χ3n) is 2.57. The maximum atomic E-state index is 13.2. The average Bonchev–Trinajstić information content (AvgIpc) is 2.36. The molecule has 0 unspecified atom stereocenters. The molecule has 0 aliphatic heterocycles. The van der Waals surface area contributed by atoms with E-state index in [0.29, 0.717) is 11.3 Å². The van der Waals surface area contributed by atoms with E-state index in [1.54, 1.807) is 6.92 Å². The first-order valence-corrected chi connectivity index (χ1v) is 7.36. The van der Waals surface area contributed by atoms with Crippen LogP contribution in [0.2, 0.25) is 5.02 Å². The molecule has 106 valence electrons. The lowest BCUT2D eigenvalue weighted by Gasteiger charge is -2.10. The van der Waals surface area contributed by atoms with Crippen molar-refractivity contribution < 1.29 is 12.8 Å². The summed E-state index contributed by atoms with van der Waals surface area (Å²) in [5, 5.41) is -0.0777. The van der Waals surface area contributed by atoms with E-state index in [-0.39, 0.29) is 15.7 Å². The second-order valence-electron chi connectivity index (χ2n) is 4.11. The number of aromatic nitrogens is 1. The Labute approximate surface area is 120 Å². The number of hydrogen-bond donors (Lipinski definition) is 2. The minimum atomic E-state index is -4.02. The summed E-state index contributed by atoms with van der Waals surface area (Å²) in [7, 11) is -4.02. The maximum Gasteiger partial charge on any atom is 0.264 e. The number of rotatable bonds is 3. The first-order valence-electron chi connectivity index (χ1n) is 5.49. The molecule has 0 atom stereocenters. The van der Waals surface area contributed by atoms with Crippen molar-refractivity contribution in [3.63, 3.8) is 0 Å². The zero-order valence-corrected chi connectivity index (χ0v) is 12.0. The Balaban J connectivity index is 2.40. The summed E-state index contributed by atoms with van der Waals surface area (Å²) in [6.07, 6.45) is 1.33. The fourth-order valence-electron chi connectivity index (χ4n) is 1.50. The van der Waals surface area contributed by atoms with Crippen molar-refractivity contribution in [3.05, 3.63) is 46.9 Å². The molecule has 0 aliphatic rings. The first-order chi connectivity index (χ1) is 9.29. The molecule has 1 aromatic heterocycles. The molecular formula is C12H11ClFN3O2S. The lowest BCUT2D eigenvalue weighted by atomic mass is 10.2. The molecule has 1 heterocycles. The van der Waals surface area contributed by atoms with Crippen LogP contribution < -0.4 is 10.5 Å². The van der Waals surface area contributed by atoms with Crippen LogP contribution >= 0.6 is 11.6 Å². The minimum absolute atomic E-state index is 0.0777. The molecule has 3 N–H and O–H groups in total. The zero-order chi connectivity index (χ0) is 14.9. The second kappa shape index (κ2) is 5.26. The molecule has 20 heavy (non-hydrogen) atoms. The number of sulfonamides is 1. The number of hydrogen-bond acceptors (Lipinski definition) is 4. The van der Waals surface area contributed by atoms with E-state index < -0.39 is 15.8 Å². The van der Waals surface area contributed by atoms with E-state index in [1.807, 2.05) is 0 Å². The molecule has 0 saturated carbocycles. The Morgan fingerprint density at radius 3 is 2.70 bits per heavy atom. The second-order valence-corrected chi connectivity index (χ2v) is 6.16. The Kier molecular flexibility index (Phi) is 3.82. The maximum absolute atomic E-state index is 13.2. The summed E-state index contributed by atoms with van der Waals surface area (Å²) < 4.78 is 39.7. The highest BCUT2D eigenvalue weighted by molar-refractivity contribution is 7.92. The number of halogens is 2. The average molecular weight is 316 g/mol. The normalized spacial score (nSPS) is 11.3. The lowest BCUT2D eigenvalue weighted by molar-refractivity contribution is 0.595. The van der Waals surface area contributed by atoms with Gasteiger partial charge in [-0.25, -0.2) is 17.8 Å². The van der Waals surface area contributed by atoms with E-state index in [9.17, 15) is 12.8 Å². The van der Waals surface area contributed by atoms with Gasteiger partial charge in [0.15, 0.2) is 0 Å². The summed E-state index contributed by atoms with van der Waals surface area (Å²) in [4.78, 5) is 3.50. The molecule has 0 spiro atoms. The zero-order valence-electron chi connectivity index (χ0n) is 10.4. The lowest BCUT2D eigenvalue weighted by Crippen LogP contribution is -2.15. The highest BCUT2D eigenvalue weighted by Gasteiger charge is 2.19. The van der Waals surface area contributed by atoms with Crippen LogP contribution in [0.25, 0.3) is 0 Å². The molecule has 8 heteroatoms. The van der Waals surface area contributed by atoms with Crippen LogP contribution in [-0.2, 0) is 10.0 Å². The van der Waals surface area contributed by atoms with E-state index in [1.165, 1.54) is 18.3 Å². The van der Waals surface area contributed by atoms with E-state index >= 15 is 0 Å². The van der Waals surface area contributed by atoms with Crippen molar-refractivity contribution in [1.29, 1.82) is 0 Å². The van der Waals surface area contributed by atoms with Crippen molar-refractivity contribution in [3.8, 4) is 0 Å². The summed E-state index contributed by atoms with van der Waals surface area (Å²) >= 11 is 5.78. The predicted molar refractivity (Wildman–Crippen MR) is 75.6 cm³/mol. The van der Waals surface area contributed by atoms with Gasteiger partial charge in [0.05, 0.1) is 16.9 Å². The van der Waals surface area contributed by atoms with Crippen LogP contribution in [0.4, 0.5) is 15.9 Å². The van der Waals surface area contributed by atoms with Crippen molar-refractivity contribution in [1.82, 2.24) is 4.98 Å². The number of benzene rings is 1. The molecule has 1 aromatic carbocycles. The predicted octanol–water partition coefficient (Wildman–Crippen LogP) is 2.57. The molecule has 2 rings (SSSR count). The number of anilines is 2. The fourth-order valence-corrected chi connectivity index (χ4v) is 3.01. The Hall–Kier alpha value is -1.86. The topological polar surface area (TPSA) is 85.1 Å². The summed E-state index contributed by atoms with van der Waals surface area (Å²) in [5.74, 6) is -0.617. The molecular weight excluding hydrogens is 305 g/mol. The van der Waals surface area contributed by atoms with Crippen molar-refractivity contribution in [2.24, 2.45) is 0 Å². The van der Waals surface area contributed by atoms with Gasteiger partial charge >= 0.3 is 0 Å². The molecule has 0 saturated heterocycles. The van der Waals surface area contributed by atoms with Gasteiger partial charge in [-0.05, 0) is 36.8 Å². The van der Waals surface area contributed by atoms with Gasteiger partial charge < -0.3 is 5.73 Å². The smallest absolute Gasteiger partial charge is 0.264 e. The molecule has 0 aliphatic carbocycles. The van der Waals surface area contributed by atoms with E-state index in [4.69, 9.17) is 17.3 Å². The number of nitrogens with zero attached hydrogens (tertiary/aromatic N) is 1. The van der Waals surface area contributed by atoms with Crippen LogP contribution in [0, 0.1) is 12.7 Å². The highest BCUT2D eigenvalue weighted by Crippen LogP contribution is 2.24. The summed E-state index contributed by atoms with van der Waals surface area (Å²) in [6, 6.07) is 4.56. The fraction of sp³-hybridized carbons (Fsp3) is 0.0833. The van der Waals surface area contributed by atoms with Gasteiger partial charge in [-0.3, -0.25) is 4.72 Å². The Bertz CT molecular complexity index is 765. The summed E-state index contributed by atoms with van der Waals surface area (Å²) in [6.45, 7) is 1.71. The third-order valence-corrected chi connectivity index (χ3v) is 4.41. The van der Waals surface area contributed by atoms with Crippen LogP contribution in [0.1, 0.15) is 5.56 Å². The van der Waals surface area contributed by atoms with E-state index in [0.717, 1.165) is 12.1 Å². The van der Waals surface area contributed by atoms with Crippen molar-refractivity contribution in [2.45, 2.75) is 11.8 Å². The molecule has 0 bridgehead atoms. The Morgan fingerprint density at radius 2 is 2.05 bits per heavy atom.